The molecule has 2 aliphatic rings. The number of carboxylic acid groups (broad SMARTS) is 1. The Kier molecular flexibility index (Phi) is 13.1. The van der Waals surface area contributed by atoms with E-state index in [-0.39, 0.29) is 18.9 Å². The van der Waals surface area contributed by atoms with Gasteiger partial charge in [-0.3, -0.25) is 13.7 Å². The molecule has 2 heterocycles. The molecule has 2 fully saturated rings. The minimum Gasteiger partial charge on any atom is -0.479 e. The monoisotopic (exact) mass is 630 g/mol. The summed E-state index contributed by atoms with van der Waals surface area (Å²) in [7, 11) is -13.8. The van der Waals surface area contributed by atoms with Crippen LogP contribution in [0.25, 0.3) is 0 Å². The number of hydrogen-bond donors (Lipinski definition) is 7. The summed E-state index contributed by atoms with van der Waals surface area (Å²) in [6.45, 7) is -1.18. The summed E-state index contributed by atoms with van der Waals surface area (Å²) in [5, 5.41) is 30.8. The molecule has 2 saturated heterocycles. The largest absolute Gasteiger partial charge is 0.479 e. The van der Waals surface area contributed by atoms with E-state index < -0.39 is 105 Å². The van der Waals surface area contributed by atoms with Gasteiger partial charge in [-0.25, -0.2) is 13.2 Å². The van der Waals surface area contributed by atoms with Gasteiger partial charge in [0.05, 0.1) is 6.61 Å². The van der Waals surface area contributed by atoms with Crippen LogP contribution in [0.3, 0.4) is 0 Å². The van der Waals surface area contributed by atoms with Crippen molar-refractivity contribution in [2.24, 2.45) is 0 Å². The van der Waals surface area contributed by atoms with Crippen LogP contribution in [0.2, 0.25) is 0 Å². The van der Waals surface area contributed by atoms with E-state index in [4.69, 9.17) is 37.3 Å². The number of carboxylic acids is 1. The Bertz CT molecular complexity index is 1150. The smallest absolute Gasteiger partial charge is 0.397 e. The summed E-state index contributed by atoms with van der Waals surface area (Å²) in [6, 6.07) is -1.93. The van der Waals surface area contributed by atoms with Crippen LogP contribution in [0.15, 0.2) is 0 Å². The van der Waals surface area contributed by atoms with E-state index in [1.54, 1.807) is 0 Å². The van der Waals surface area contributed by atoms with E-state index in [9.17, 15) is 45.4 Å². The molecule has 2 aliphatic heterocycles. The quantitative estimate of drug-likeness (QED) is 0.0781. The number of carbonyl (C=O) groups is 1. The Morgan fingerprint density at radius 1 is 0.846 bits per heavy atom. The molecule has 21 nitrogen and oxygen atoms in total. The van der Waals surface area contributed by atoms with Crippen molar-refractivity contribution in [2.75, 3.05) is 20.8 Å². The predicted octanol–water partition coefficient (Wildman–Crippen LogP) is -5.32. The number of methoxy groups -OCH3 is 2. The second-order valence-corrected chi connectivity index (χ2v) is 11.0. The molecule has 25 heteroatoms. The van der Waals surface area contributed by atoms with E-state index in [1.807, 2.05) is 0 Å². The van der Waals surface area contributed by atoms with Crippen LogP contribution >= 0.6 is 0 Å². The average molecular weight is 630 g/mol. The molecule has 0 aliphatic carbocycles. The van der Waals surface area contributed by atoms with Crippen LogP contribution in [0.5, 0.6) is 0 Å². The van der Waals surface area contributed by atoms with Crippen LogP contribution in [-0.2, 0) is 67.9 Å². The second-order valence-electron chi connectivity index (χ2n) is 7.64. The molecule has 2 rings (SSSR count). The standard InChI is InChI=1S/C14H25NO20S3.Li/c1-29-9-7(17)10(35-38(26,27)28)14(34-11(9)12(18)19)33-8-4(3-31-37(23,24)25)32-13(30-2)5(6(8)16)15-36(20,21)22;/h4-11,13-17H,3H2,1-2H3,(H,18,19)(H,20,21,22)(H,23,24,25)(H,26,27,28);. The van der Waals surface area contributed by atoms with Crippen molar-refractivity contribution in [3.8, 4) is 0 Å². The molecule has 10 atom stereocenters. The fraction of sp³-hybridized carbons (Fsp3) is 0.929. The number of hydrogen-bond acceptors (Lipinski definition) is 16. The molecule has 0 saturated carbocycles. The topological polar surface area (TPSA) is 318 Å². The zero-order valence-corrected chi connectivity index (χ0v) is 22.6. The van der Waals surface area contributed by atoms with Crippen LogP contribution in [-0.4, -0.2) is 161 Å². The van der Waals surface area contributed by atoms with Gasteiger partial charge in [0.25, 0.3) is 0 Å². The fourth-order valence-corrected chi connectivity index (χ4v) is 5.06. The molecule has 0 aromatic rings. The molecule has 0 amide bonds. The van der Waals surface area contributed by atoms with Crippen LogP contribution in [0.1, 0.15) is 0 Å². The Balaban J connectivity index is 0.00000760. The molecule has 0 spiro atoms. The van der Waals surface area contributed by atoms with Gasteiger partial charge in [0.1, 0.15) is 36.6 Å². The molecular formula is C14H25LiNO20S3. The Hall–Kier alpha value is -0.603. The van der Waals surface area contributed by atoms with E-state index in [1.165, 1.54) is 4.72 Å². The summed E-state index contributed by atoms with van der Waals surface area (Å²) in [5.74, 6) is -1.77. The molecule has 39 heavy (non-hydrogen) atoms. The normalized spacial score (nSPS) is 36.2. The van der Waals surface area contributed by atoms with Gasteiger partial charge in [-0.2, -0.15) is 30.0 Å². The van der Waals surface area contributed by atoms with E-state index in [2.05, 4.69) is 8.37 Å². The molecule has 0 bridgehead atoms. The second kappa shape index (κ2) is 14.0. The number of nitrogens with one attached hydrogen (secondary N) is 1. The van der Waals surface area contributed by atoms with E-state index >= 15 is 0 Å². The third-order valence-electron chi connectivity index (χ3n) is 5.13. The van der Waals surface area contributed by atoms with Crippen molar-refractivity contribution in [1.82, 2.24) is 4.72 Å². The molecule has 225 valence electrons. The van der Waals surface area contributed by atoms with Crippen molar-refractivity contribution in [2.45, 2.75) is 61.3 Å². The molecule has 0 aromatic carbocycles. The first kappa shape index (κ1) is 36.4. The zero-order valence-electron chi connectivity index (χ0n) is 20.1. The first-order valence-electron chi connectivity index (χ1n) is 9.91. The maximum Gasteiger partial charge on any atom is 0.397 e. The van der Waals surface area contributed by atoms with Crippen molar-refractivity contribution >= 4 is 55.9 Å². The van der Waals surface area contributed by atoms with Crippen LogP contribution < -0.4 is 4.72 Å². The number of ether oxygens (including phenoxy) is 5. The van der Waals surface area contributed by atoms with Gasteiger partial charge in [-0.1, -0.05) is 0 Å². The minimum atomic E-state index is -5.40. The van der Waals surface area contributed by atoms with E-state index in [0.717, 1.165) is 14.2 Å². The summed E-state index contributed by atoms with van der Waals surface area (Å²) >= 11 is 0. The zero-order chi connectivity index (χ0) is 29.2. The van der Waals surface area contributed by atoms with Gasteiger partial charge in [-0.15, -0.1) is 0 Å². The first-order valence-corrected chi connectivity index (χ1v) is 14.1. The molecule has 7 N–H and O–H groups in total. The van der Waals surface area contributed by atoms with Crippen molar-refractivity contribution in [1.29, 1.82) is 0 Å². The molecule has 10 unspecified atom stereocenters. The maximum absolute atomic E-state index is 11.6. The number of aliphatic hydroxyl groups excluding tert-OH is 2. The van der Waals surface area contributed by atoms with Gasteiger partial charge in [0.15, 0.2) is 24.8 Å². The van der Waals surface area contributed by atoms with Crippen molar-refractivity contribution in [3.63, 3.8) is 0 Å². The SMILES string of the molecule is COC1OC(COS(=O)(=O)O)C(OC2OC(C(=O)O)C(OC)C(O)C2OS(=O)(=O)O)C(O)C1NS(=O)(=O)O.[Li]. The summed E-state index contributed by atoms with van der Waals surface area (Å²) in [6.07, 6.45) is -18.7. The number of aliphatic hydroxyl groups is 2. The molecular weight excluding hydrogens is 605 g/mol. The van der Waals surface area contributed by atoms with Crippen LogP contribution in [0.4, 0.5) is 0 Å². The van der Waals surface area contributed by atoms with Gasteiger partial charge in [-0.05, 0) is 0 Å². The average Bonchev–Trinajstić information content (AvgIpc) is 2.75. The summed E-state index contributed by atoms with van der Waals surface area (Å²) in [4.78, 5) is 11.6. The van der Waals surface area contributed by atoms with Gasteiger partial charge < -0.3 is 39.0 Å². The third-order valence-corrected chi connectivity index (χ3v) is 6.60. The van der Waals surface area contributed by atoms with Crippen LogP contribution in [0, 0.1) is 0 Å². The van der Waals surface area contributed by atoms with Crippen molar-refractivity contribution in [3.05, 3.63) is 0 Å². The van der Waals surface area contributed by atoms with Gasteiger partial charge in [0, 0.05) is 33.1 Å². The minimum absolute atomic E-state index is 0. The number of rotatable bonds is 12. The number of aliphatic carboxylic acids is 1. The Morgan fingerprint density at radius 3 is 1.87 bits per heavy atom. The van der Waals surface area contributed by atoms with Crippen molar-refractivity contribution < 1.29 is 91.1 Å². The third kappa shape index (κ3) is 10.3. The Labute approximate surface area is 233 Å². The first-order chi connectivity index (χ1) is 17.3. The van der Waals surface area contributed by atoms with E-state index in [0.29, 0.717) is 0 Å². The molecule has 1 radical (unpaired) electrons. The Morgan fingerprint density at radius 2 is 1.44 bits per heavy atom. The summed E-state index contributed by atoms with van der Waals surface area (Å²) < 4.78 is 130. The molecule has 0 aromatic heterocycles. The maximum atomic E-state index is 11.6. The van der Waals surface area contributed by atoms with Gasteiger partial charge >= 0.3 is 37.1 Å². The summed E-state index contributed by atoms with van der Waals surface area (Å²) in [5.41, 5.74) is 0. The fourth-order valence-electron chi connectivity index (χ4n) is 3.67. The van der Waals surface area contributed by atoms with Gasteiger partial charge in [0.2, 0.25) is 0 Å². The predicted molar refractivity (Wildman–Crippen MR) is 118 cm³/mol.